The summed E-state index contributed by atoms with van der Waals surface area (Å²) in [5, 5.41) is 12.0. The molecule has 0 aromatic carbocycles. The molecule has 0 aliphatic heterocycles. The van der Waals surface area contributed by atoms with E-state index in [1.807, 2.05) is 0 Å². The Bertz CT molecular complexity index is 234. The normalized spacial score (nSPS) is 11.2. The van der Waals surface area contributed by atoms with Crippen LogP contribution in [0.5, 0.6) is 0 Å². The van der Waals surface area contributed by atoms with E-state index in [0.29, 0.717) is 0 Å². The van der Waals surface area contributed by atoms with Gasteiger partial charge in [-0.3, -0.25) is 9.35 Å². The fourth-order valence-electron chi connectivity index (χ4n) is 0.533. The second-order valence-corrected chi connectivity index (χ2v) is 3.71. The number of carbonyl (C=O) groups excluding carboxylic acids is 1. The minimum Gasteiger partial charge on any atom is -0.354 e. The molecule has 0 heterocycles. The highest BCUT2D eigenvalue weighted by molar-refractivity contribution is 7.85. The van der Waals surface area contributed by atoms with Gasteiger partial charge < -0.3 is 5.32 Å². The van der Waals surface area contributed by atoms with Gasteiger partial charge in [-0.1, -0.05) is 0 Å². The molecule has 0 aromatic rings. The van der Waals surface area contributed by atoms with Gasteiger partial charge in [0.2, 0.25) is 5.91 Å². The monoisotopic (exact) mass is 196 g/mol. The van der Waals surface area contributed by atoms with Crippen molar-refractivity contribution in [3.8, 4) is 0 Å². The fraction of sp³-hybridized carbons (Fsp3) is 0.800. The molecule has 0 aromatic heterocycles. The molecular formula is C5H10NO5S. The number of rotatable bonds is 5. The van der Waals surface area contributed by atoms with Crippen LogP contribution in [0.3, 0.4) is 0 Å². The highest BCUT2D eigenvalue weighted by atomic mass is 32.2. The molecule has 7 heteroatoms. The zero-order chi connectivity index (χ0) is 9.61. The van der Waals surface area contributed by atoms with Crippen LogP contribution in [0, 0.1) is 0 Å². The third-order valence-corrected chi connectivity index (χ3v) is 1.84. The van der Waals surface area contributed by atoms with Gasteiger partial charge in [-0.05, 0) is 6.42 Å². The summed E-state index contributed by atoms with van der Waals surface area (Å²) in [7, 11) is -3.96. The molecule has 0 saturated carbocycles. The van der Waals surface area contributed by atoms with E-state index in [2.05, 4.69) is 5.32 Å². The summed E-state index contributed by atoms with van der Waals surface area (Å²) < 4.78 is 28.5. The van der Waals surface area contributed by atoms with Gasteiger partial charge in [-0.25, -0.2) is 5.11 Å². The quantitative estimate of drug-likeness (QED) is 0.426. The van der Waals surface area contributed by atoms with Crippen LogP contribution in [0.25, 0.3) is 0 Å². The SMILES string of the molecule is [O]CC(=O)NCCCS(=O)(=O)O. The largest absolute Gasteiger partial charge is 0.354 e. The highest BCUT2D eigenvalue weighted by Gasteiger charge is 2.04. The zero-order valence-electron chi connectivity index (χ0n) is 6.32. The Balaban J connectivity index is 3.40. The van der Waals surface area contributed by atoms with Crippen molar-refractivity contribution in [3.63, 3.8) is 0 Å². The smallest absolute Gasteiger partial charge is 0.264 e. The lowest BCUT2D eigenvalue weighted by Gasteiger charge is -1.99. The fourth-order valence-corrected chi connectivity index (χ4v) is 1.04. The van der Waals surface area contributed by atoms with E-state index >= 15 is 0 Å². The van der Waals surface area contributed by atoms with Gasteiger partial charge in [-0.2, -0.15) is 8.42 Å². The van der Waals surface area contributed by atoms with Crippen LogP contribution in [0.4, 0.5) is 0 Å². The van der Waals surface area contributed by atoms with E-state index in [1.165, 1.54) is 0 Å². The van der Waals surface area contributed by atoms with E-state index in [9.17, 15) is 18.3 Å². The number of hydrogen-bond acceptors (Lipinski definition) is 3. The predicted octanol–water partition coefficient (Wildman–Crippen LogP) is -1.19. The maximum Gasteiger partial charge on any atom is 0.264 e. The average Bonchev–Trinajstić information content (AvgIpc) is 1.96. The molecule has 6 nitrogen and oxygen atoms in total. The highest BCUT2D eigenvalue weighted by Crippen LogP contribution is 1.85. The Morgan fingerprint density at radius 2 is 2.00 bits per heavy atom. The van der Waals surface area contributed by atoms with Crippen molar-refractivity contribution in [2.24, 2.45) is 0 Å². The van der Waals surface area contributed by atoms with Crippen molar-refractivity contribution < 1.29 is 22.9 Å². The second kappa shape index (κ2) is 5.07. The van der Waals surface area contributed by atoms with E-state index in [-0.39, 0.29) is 13.0 Å². The molecule has 0 unspecified atom stereocenters. The molecule has 0 aliphatic carbocycles. The zero-order valence-corrected chi connectivity index (χ0v) is 7.13. The number of carbonyl (C=O) groups is 1. The number of amides is 1. The number of nitrogens with one attached hydrogen (secondary N) is 1. The Hall–Kier alpha value is -0.660. The summed E-state index contributed by atoms with van der Waals surface area (Å²) in [6, 6.07) is 0. The first kappa shape index (κ1) is 11.3. The van der Waals surface area contributed by atoms with Crippen LogP contribution in [0.15, 0.2) is 0 Å². The third kappa shape index (κ3) is 7.45. The van der Waals surface area contributed by atoms with Gasteiger partial charge in [0.25, 0.3) is 10.1 Å². The molecular weight excluding hydrogens is 186 g/mol. The summed E-state index contributed by atoms with van der Waals surface area (Å²) in [4.78, 5) is 10.3. The minimum absolute atomic E-state index is 0.0842. The van der Waals surface area contributed by atoms with Gasteiger partial charge in [0.05, 0.1) is 5.75 Å². The first-order valence-electron chi connectivity index (χ1n) is 3.25. The van der Waals surface area contributed by atoms with E-state index in [0.717, 1.165) is 0 Å². The molecule has 2 N–H and O–H groups in total. The molecule has 1 amide bonds. The van der Waals surface area contributed by atoms with Gasteiger partial charge in [0.1, 0.15) is 0 Å². The van der Waals surface area contributed by atoms with Crippen LogP contribution >= 0.6 is 0 Å². The average molecular weight is 196 g/mol. The molecule has 0 spiro atoms. The van der Waals surface area contributed by atoms with Crippen LogP contribution in [0.2, 0.25) is 0 Å². The summed E-state index contributed by atoms with van der Waals surface area (Å²) in [6.45, 7) is -0.785. The van der Waals surface area contributed by atoms with Crippen LogP contribution in [0.1, 0.15) is 6.42 Å². The lowest BCUT2D eigenvalue weighted by molar-refractivity contribution is -0.125. The first-order valence-corrected chi connectivity index (χ1v) is 4.86. The summed E-state index contributed by atoms with van der Waals surface area (Å²) in [6.07, 6.45) is 0.102. The topological polar surface area (TPSA) is 103 Å². The van der Waals surface area contributed by atoms with Crippen molar-refractivity contribution in [3.05, 3.63) is 0 Å². The molecule has 0 aliphatic rings. The van der Waals surface area contributed by atoms with Crippen molar-refractivity contribution in [2.45, 2.75) is 6.42 Å². The lowest BCUT2D eigenvalue weighted by atomic mass is 10.5. The molecule has 0 fully saturated rings. The van der Waals surface area contributed by atoms with Crippen molar-refractivity contribution in [1.29, 1.82) is 0 Å². The van der Waals surface area contributed by atoms with E-state index in [4.69, 9.17) is 4.55 Å². The van der Waals surface area contributed by atoms with Crippen LogP contribution in [-0.4, -0.2) is 37.8 Å². The Labute approximate surface area is 70.3 Å². The van der Waals surface area contributed by atoms with Crippen molar-refractivity contribution in [1.82, 2.24) is 5.32 Å². The van der Waals surface area contributed by atoms with Gasteiger partial charge in [0.15, 0.2) is 6.61 Å². The van der Waals surface area contributed by atoms with Crippen molar-refractivity contribution >= 4 is 16.0 Å². The molecule has 0 saturated heterocycles. The van der Waals surface area contributed by atoms with E-state index in [1.54, 1.807) is 0 Å². The lowest BCUT2D eigenvalue weighted by Crippen LogP contribution is -2.27. The molecule has 12 heavy (non-hydrogen) atoms. The first-order chi connectivity index (χ1) is 5.45. The van der Waals surface area contributed by atoms with E-state index < -0.39 is 28.4 Å². The van der Waals surface area contributed by atoms with Crippen molar-refractivity contribution in [2.75, 3.05) is 18.9 Å². The second-order valence-electron chi connectivity index (χ2n) is 2.13. The Kier molecular flexibility index (Phi) is 4.79. The molecule has 71 valence electrons. The maximum absolute atomic E-state index is 10.3. The minimum atomic E-state index is -3.96. The summed E-state index contributed by atoms with van der Waals surface area (Å²) in [5.74, 6) is -1.09. The number of hydrogen-bond donors (Lipinski definition) is 2. The third-order valence-electron chi connectivity index (χ3n) is 1.03. The Morgan fingerprint density at radius 3 is 2.42 bits per heavy atom. The van der Waals surface area contributed by atoms with Gasteiger partial charge >= 0.3 is 0 Å². The summed E-state index contributed by atoms with van der Waals surface area (Å²) in [5.41, 5.74) is 0. The standard InChI is InChI=1S/C5H10NO5S/c7-4-5(8)6-2-1-3-12(9,10)11/h1-4H2,(H,6,8)(H,9,10,11). The predicted molar refractivity (Wildman–Crippen MR) is 39.6 cm³/mol. The molecule has 0 atom stereocenters. The maximum atomic E-state index is 10.3. The summed E-state index contributed by atoms with van der Waals surface area (Å²) >= 11 is 0. The molecule has 0 bridgehead atoms. The molecule has 0 rings (SSSR count). The van der Waals surface area contributed by atoms with Gasteiger partial charge in [0, 0.05) is 6.54 Å². The van der Waals surface area contributed by atoms with Crippen LogP contribution in [-0.2, 0) is 20.0 Å². The Morgan fingerprint density at radius 1 is 1.42 bits per heavy atom. The van der Waals surface area contributed by atoms with Crippen LogP contribution < -0.4 is 5.32 Å². The molecule has 1 radical (unpaired) electrons. The van der Waals surface area contributed by atoms with Gasteiger partial charge in [-0.15, -0.1) is 0 Å².